The van der Waals surface area contributed by atoms with E-state index in [-0.39, 0.29) is 11.7 Å². The molecule has 100 valence electrons. The van der Waals surface area contributed by atoms with Crippen LogP contribution in [0.25, 0.3) is 0 Å². The molecule has 1 aliphatic rings. The van der Waals surface area contributed by atoms with Gasteiger partial charge in [-0.3, -0.25) is 4.72 Å². The smallest absolute Gasteiger partial charge is 0.233 e. The molecule has 0 amide bonds. The molecule has 1 aromatic carbocycles. The predicted molar refractivity (Wildman–Crippen MR) is 74.5 cm³/mol. The van der Waals surface area contributed by atoms with Gasteiger partial charge in [-0.1, -0.05) is 17.7 Å². The third-order valence-electron chi connectivity index (χ3n) is 2.95. The van der Waals surface area contributed by atoms with E-state index in [1.54, 1.807) is 24.3 Å². The first kappa shape index (κ1) is 13.6. The molecule has 1 unspecified atom stereocenters. The lowest BCUT2D eigenvalue weighted by Gasteiger charge is -2.22. The van der Waals surface area contributed by atoms with Gasteiger partial charge in [-0.25, -0.2) is 8.42 Å². The minimum atomic E-state index is -3.30. The molecule has 0 spiro atoms. The van der Waals surface area contributed by atoms with Crippen LogP contribution in [-0.4, -0.2) is 27.3 Å². The first-order chi connectivity index (χ1) is 8.55. The molecule has 1 heterocycles. The average Bonchev–Trinajstić information content (AvgIpc) is 2.28. The first-order valence-electron chi connectivity index (χ1n) is 6.02. The summed E-state index contributed by atoms with van der Waals surface area (Å²) in [6.45, 7) is 1.76. The molecule has 2 N–H and O–H groups in total. The van der Waals surface area contributed by atoms with Gasteiger partial charge in [-0.15, -0.1) is 0 Å². The van der Waals surface area contributed by atoms with E-state index in [9.17, 15) is 8.42 Å². The summed E-state index contributed by atoms with van der Waals surface area (Å²) in [7, 11) is -3.30. The van der Waals surface area contributed by atoms with Crippen LogP contribution in [0.3, 0.4) is 0 Å². The monoisotopic (exact) mass is 288 g/mol. The maximum atomic E-state index is 12.0. The second-order valence-corrected chi connectivity index (χ2v) is 6.81. The van der Waals surface area contributed by atoms with Gasteiger partial charge in [0, 0.05) is 10.7 Å². The average molecular weight is 289 g/mol. The molecule has 0 aliphatic carbocycles. The molecule has 1 aromatic rings. The number of hydrogen-bond donors (Lipinski definition) is 2. The molecule has 6 heteroatoms. The molecular weight excluding hydrogens is 272 g/mol. The zero-order chi connectivity index (χ0) is 13.0. The minimum Gasteiger partial charge on any atom is -0.316 e. The van der Waals surface area contributed by atoms with E-state index >= 15 is 0 Å². The summed E-state index contributed by atoms with van der Waals surface area (Å²) < 4.78 is 26.6. The van der Waals surface area contributed by atoms with Crippen molar-refractivity contribution in [3.63, 3.8) is 0 Å². The predicted octanol–water partition coefficient (Wildman–Crippen LogP) is 2.08. The van der Waals surface area contributed by atoms with Crippen molar-refractivity contribution in [2.45, 2.75) is 12.8 Å². The van der Waals surface area contributed by atoms with Gasteiger partial charge in [0.15, 0.2) is 0 Å². The summed E-state index contributed by atoms with van der Waals surface area (Å²) in [4.78, 5) is 0. The van der Waals surface area contributed by atoms with Crippen LogP contribution in [0.1, 0.15) is 12.8 Å². The van der Waals surface area contributed by atoms with Gasteiger partial charge in [0.1, 0.15) is 0 Å². The molecule has 2 rings (SSSR count). The highest BCUT2D eigenvalue weighted by Gasteiger charge is 2.21. The van der Waals surface area contributed by atoms with Crippen LogP contribution >= 0.6 is 11.6 Å². The van der Waals surface area contributed by atoms with Crippen molar-refractivity contribution in [1.82, 2.24) is 5.32 Å². The van der Waals surface area contributed by atoms with E-state index in [1.807, 2.05) is 0 Å². The molecule has 0 bridgehead atoms. The summed E-state index contributed by atoms with van der Waals surface area (Å²) >= 11 is 5.82. The zero-order valence-electron chi connectivity index (χ0n) is 10.0. The lowest BCUT2D eigenvalue weighted by atomic mass is 10.0. The third-order valence-corrected chi connectivity index (χ3v) is 4.64. The lowest BCUT2D eigenvalue weighted by Crippen LogP contribution is -2.35. The molecule has 1 atom stereocenters. The van der Waals surface area contributed by atoms with Gasteiger partial charge in [-0.05, 0) is 50.0 Å². The normalized spacial score (nSPS) is 20.6. The number of benzene rings is 1. The standard InChI is InChI=1S/C12H17ClN2O2S/c13-11-4-1-5-12(7-11)15-18(16,17)9-10-3-2-6-14-8-10/h1,4-5,7,10,14-15H,2-3,6,8-9H2. The number of rotatable bonds is 4. The Labute approximate surface area is 113 Å². The van der Waals surface area contributed by atoms with Crippen molar-refractivity contribution in [2.75, 3.05) is 23.6 Å². The van der Waals surface area contributed by atoms with E-state index in [0.717, 1.165) is 25.9 Å². The van der Waals surface area contributed by atoms with Gasteiger partial charge in [-0.2, -0.15) is 0 Å². The Morgan fingerprint density at radius 3 is 2.94 bits per heavy atom. The molecule has 1 fully saturated rings. The first-order valence-corrected chi connectivity index (χ1v) is 8.05. The zero-order valence-corrected chi connectivity index (χ0v) is 11.6. The topological polar surface area (TPSA) is 58.2 Å². The number of hydrogen-bond acceptors (Lipinski definition) is 3. The molecule has 0 radical (unpaired) electrons. The Hall–Kier alpha value is -0.780. The molecule has 0 aromatic heterocycles. The van der Waals surface area contributed by atoms with Gasteiger partial charge >= 0.3 is 0 Å². The molecule has 0 saturated carbocycles. The van der Waals surface area contributed by atoms with Crippen LogP contribution in [0, 0.1) is 5.92 Å². The Morgan fingerprint density at radius 2 is 2.28 bits per heavy atom. The SMILES string of the molecule is O=S(=O)(CC1CCCNC1)Nc1cccc(Cl)c1. The van der Waals surface area contributed by atoms with Crippen molar-refractivity contribution in [2.24, 2.45) is 5.92 Å². The van der Waals surface area contributed by atoms with Gasteiger partial charge in [0.05, 0.1) is 5.75 Å². The third kappa shape index (κ3) is 4.15. The highest BCUT2D eigenvalue weighted by atomic mass is 35.5. The fraction of sp³-hybridized carbons (Fsp3) is 0.500. The Balaban J connectivity index is 1.98. The van der Waals surface area contributed by atoms with E-state index in [0.29, 0.717) is 10.7 Å². The van der Waals surface area contributed by atoms with E-state index < -0.39 is 10.0 Å². The minimum absolute atomic E-state index is 0.159. The summed E-state index contributed by atoms with van der Waals surface area (Å²) in [6, 6.07) is 6.74. The maximum Gasteiger partial charge on any atom is 0.233 e. The van der Waals surface area contributed by atoms with Gasteiger partial charge in [0.2, 0.25) is 10.0 Å². The van der Waals surface area contributed by atoms with E-state index in [4.69, 9.17) is 11.6 Å². The van der Waals surface area contributed by atoms with Crippen molar-refractivity contribution in [1.29, 1.82) is 0 Å². The maximum absolute atomic E-state index is 12.0. The Morgan fingerprint density at radius 1 is 1.44 bits per heavy atom. The van der Waals surface area contributed by atoms with Crippen molar-refractivity contribution < 1.29 is 8.42 Å². The van der Waals surface area contributed by atoms with Gasteiger partial charge < -0.3 is 5.32 Å². The Kier molecular flexibility index (Phi) is 4.48. The second-order valence-electron chi connectivity index (χ2n) is 4.61. The van der Waals surface area contributed by atoms with Gasteiger partial charge in [0.25, 0.3) is 0 Å². The fourth-order valence-electron chi connectivity index (χ4n) is 2.15. The summed E-state index contributed by atoms with van der Waals surface area (Å²) in [5.41, 5.74) is 0.520. The van der Waals surface area contributed by atoms with E-state index in [1.165, 1.54) is 0 Å². The molecule has 4 nitrogen and oxygen atoms in total. The quantitative estimate of drug-likeness (QED) is 0.892. The van der Waals surface area contributed by atoms with Crippen LogP contribution in [-0.2, 0) is 10.0 Å². The second kappa shape index (κ2) is 5.91. The summed E-state index contributed by atoms with van der Waals surface area (Å²) in [5.74, 6) is 0.349. The van der Waals surface area contributed by atoms with E-state index in [2.05, 4.69) is 10.0 Å². The van der Waals surface area contributed by atoms with Crippen molar-refractivity contribution in [3.8, 4) is 0 Å². The highest BCUT2D eigenvalue weighted by molar-refractivity contribution is 7.92. The number of sulfonamides is 1. The fourth-order valence-corrected chi connectivity index (χ4v) is 3.81. The highest BCUT2D eigenvalue weighted by Crippen LogP contribution is 2.18. The summed E-state index contributed by atoms with van der Waals surface area (Å²) in [5, 5.41) is 3.74. The van der Waals surface area contributed by atoms with Crippen LogP contribution in [0.2, 0.25) is 5.02 Å². The molecule has 1 saturated heterocycles. The number of anilines is 1. The van der Waals surface area contributed by atoms with Crippen LogP contribution < -0.4 is 10.0 Å². The van der Waals surface area contributed by atoms with Crippen LogP contribution in [0.5, 0.6) is 0 Å². The number of piperidine rings is 1. The number of halogens is 1. The lowest BCUT2D eigenvalue weighted by molar-refractivity contribution is 0.404. The van der Waals surface area contributed by atoms with Crippen molar-refractivity contribution >= 4 is 27.3 Å². The van der Waals surface area contributed by atoms with Crippen LogP contribution in [0.4, 0.5) is 5.69 Å². The van der Waals surface area contributed by atoms with Crippen LogP contribution in [0.15, 0.2) is 24.3 Å². The molecule has 1 aliphatic heterocycles. The number of nitrogens with one attached hydrogen (secondary N) is 2. The largest absolute Gasteiger partial charge is 0.316 e. The summed E-state index contributed by atoms with van der Waals surface area (Å²) in [6.07, 6.45) is 2.00. The Bertz CT molecular complexity index is 499. The molecular formula is C12H17ClN2O2S. The molecule has 18 heavy (non-hydrogen) atoms. The van der Waals surface area contributed by atoms with Crippen molar-refractivity contribution in [3.05, 3.63) is 29.3 Å².